The van der Waals surface area contributed by atoms with Crippen molar-refractivity contribution in [1.82, 2.24) is 20.4 Å². The molecule has 2 aromatic heterocycles. The number of aromatic nitrogens is 4. The molecule has 6 heteroatoms. The summed E-state index contributed by atoms with van der Waals surface area (Å²) in [7, 11) is 0. The molecule has 0 aliphatic heterocycles. The van der Waals surface area contributed by atoms with Crippen LogP contribution in [0.5, 0.6) is 0 Å². The number of nitrogens with zero attached hydrogens (tertiary/aromatic N) is 3. The summed E-state index contributed by atoms with van der Waals surface area (Å²) in [5.74, 6) is 0.455. The van der Waals surface area contributed by atoms with Gasteiger partial charge in [0.2, 0.25) is 0 Å². The Morgan fingerprint density at radius 1 is 1.08 bits per heavy atom. The first kappa shape index (κ1) is 14.3. The minimum Gasteiger partial charge on any atom is -0.338 e. The summed E-state index contributed by atoms with van der Waals surface area (Å²) in [6.45, 7) is 2.00. The number of H-pyrrole nitrogens is 1. The number of benzene rings is 2. The molecule has 0 amide bonds. The maximum absolute atomic E-state index is 13.4. The van der Waals surface area contributed by atoms with E-state index < -0.39 is 0 Å². The Balaban J connectivity index is 1.67. The van der Waals surface area contributed by atoms with Crippen molar-refractivity contribution in [1.29, 1.82) is 0 Å². The van der Waals surface area contributed by atoms with Gasteiger partial charge in [-0.25, -0.2) is 4.39 Å². The molecule has 0 saturated carbocycles. The number of nitrogens with one attached hydrogen (secondary N) is 2. The third-order valence-corrected chi connectivity index (χ3v) is 3.87. The molecule has 0 bridgehead atoms. The largest absolute Gasteiger partial charge is 0.338 e. The van der Waals surface area contributed by atoms with Crippen molar-refractivity contribution in [2.45, 2.75) is 6.92 Å². The third kappa shape index (κ3) is 2.58. The van der Waals surface area contributed by atoms with Crippen LogP contribution in [0.25, 0.3) is 22.2 Å². The normalized spacial score (nSPS) is 10.9. The maximum Gasteiger partial charge on any atom is 0.180 e. The minimum atomic E-state index is -0.238. The SMILES string of the molecule is Cc1cc(Nc2n[nH]c3nnccc23)ccc1-c1cccc(F)c1. The van der Waals surface area contributed by atoms with Crippen LogP contribution in [-0.4, -0.2) is 20.4 Å². The molecule has 4 aromatic rings. The topological polar surface area (TPSA) is 66.5 Å². The number of halogens is 1. The second-order valence-electron chi connectivity index (χ2n) is 5.53. The van der Waals surface area contributed by atoms with Gasteiger partial charge in [-0.1, -0.05) is 18.2 Å². The fourth-order valence-corrected chi connectivity index (χ4v) is 2.73. The Hall–Kier alpha value is -3.28. The zero-order valence-corrected chi connectivity index (χ0v) is 12.9. The first-order valence-corrected chi connectivity index (χ1v) is 7.50. The molecule has 0 saturated heterocycles. The van der Waals surface area contributed by atoms with Crippen molar-refractivity contribution in [3.63, 3.8) is 0 Å². The second kappa shape index (κ2) is 5.73. The van der Waals surface area contributed by atoms with Crippen molar-refractivity contribution >= 4 is 22.5 Å². The lowest BCUT2D eigenvalue weighted by atomic mass is 10.00. The van der Waals surface area contributed by atoms with E-state index in [2.05, 4.69) is 25.7 Å². The summed E-state index contributed by atoms with van der Waals surface area (Å²) in [5.41, 5.74) is 4.44. The third-order valence-electron chi connectivity index (χ3n) is 3.87. The van der Waals surface area contributed by atoms with E-state index in [1.807, 2.05) is 37.3 Å². The number of anilines is 2. The number of hydrogen-bond donors (Lipinski definition) is 2. The Labute approximate surface area is 137 Å². The van der Waals surface area contributed by atoms with Gasteiger partial charge < -0.3 is 5.32 Å². The highest BCUT2D eigenvalue weighted by Gasteiger charge is 2.08. The van der Waals surface area contributed by atoms with Gasteiger partial charge in [0, 0.05) is 5.69 Å². The molecule has 0 atom stereocenters. The molecular weight excluding hydrogens is 305 g/mol. The average molecular weight is 319 g/mol. The van der Waals surface area contributed by atoms with Gasteiger partial charge >= 0.3 is 0 Å². The van der Waals surface area contributed by atoms with Crippen LogP contribution in [0.4, 0.5) is 15.9 Å². The van der Waals surface area contributed by atoms with E-state index in [4.69, 9.17) is 0 Å². The van der Waals surface area contributed by atoms with E-state index in [0.717, 1.165) is 27.8 Å². The monoisotopic (exact) mass is 319 g/mol. The summed E-state index contributed by atoms with van der Waals surface area (Å²) in [4.78, 5) is 0. The van der Waals surface area contributed by atoms with Crippen LogP contribution < -0.4 is 5.32 Å². The number of hydrogen-bond acceptors (Lipinski definition) is 4. The highest BCUT2D eigenvalue weighted by Crippen LogP contribution is 2.28. The quantitative estimate of drug-likeness (QED) is 0.593. The van der Waals surface area contributed by atoms with Crippen LogP contribution >= 0.6 is 0 Å². The van der Waals surface area contributed by atoms with E-state index in [-0.39, 0.29) is 5.82 Å². The van der Waals surface area contributed by atoms with Gasteiger partial charge in [-0.05, 0) is 53.9 Å². The predicted octanol–water partition coefficient (Wildman–Crippen LogP) is 4.21. The van der Waals surface area contributed by atoms with E-state index in [1.165, 1.54) is 12.1 Å². The number of fused-ring (bicyclic) bond motifs is 1. The highest BCUT2D eigenvalue weighted by atomic mass is 19.1. The molecule has 2 heterocycles. The maximum atomic E-state index is 13.4. The van der Waals surface area contributed by atoms with E-state index >= 15 is 0 Å². The predicted molar refractivity (Wildman–Crippen MR) is 91.5 cm³/mol. The van der Waals surface area contributed by atoms with Crippen molar-refractivity contribution in [2.75, 3.05) is 5.32 Å². The highest BCUT2D eigenvalue weighted by molar-refractivity contribution is 5.88. The van der Waals surface area contributed by atoms with Gasteiger partial charge in [-0.3, -0.25) is 5.10 Å². The molecular formula is C18H14FN5. The molecule has 5 nitrogen and oxygen atoms in total. The second-order valence-corrected chi connectivity index (χ2v) is 5.53. The standard InChI is InChI=1S/C18H14FN5/c1-11-9-14(5-6-15(11)12-3-2-4-13(19)10-12)21-17-16-7-8-20-22-18(16)24-23-17/h2-10H,1H3,(H2,21,22,23,24). The average Bonchev–Trinajstić information content (AvgIpc) is 2.98. The van der Waals surface area contributed by atoms with Gasteiger partial charge in [0.05, 0.1) is 11.6 Å². The summed E-state index contributed by atoms with van der Waals surface area (Å²) in [5, 5.41) is 19.0. The molecule has 0 spiro atoms. The van der Waals surface area contributed by atoms with Crippen LogP contribution in [0.3, 0.4) is 0 Å². The van der Waals surface area contributed by atoms with Crippen LogP contribution in [0.2, 0.25) is 0 Å². The molecule has 0 unspecified atom stereocenters. The lowest BCUT2D eigenvalue weighted by Crippen LogP contribution is -1.93. The summed E-state index contributed by atoms with van der Waals surface area (Å²) in [6, 6.07) is 14.4. The minimum absolute atomic E-state index is 0.238. The van der Waals surface area contributed by atoms with Crippen LogP contribution in [0, 0.1) is 12.7 Å². The molecule has 2 N–H and O–H groups in total. The van der Waals surface area contributed by atoms with E-state index in [9.17, 15) is 4.39 Å². The van der Waals surface area contributed by atoms with E-state index in [1.54, 1.807) is 12.3 Å². The van der Waals surface area contributed by atoms with Gasteiger partial charge in [0.25, 0.3) is 0 Å². The van der Waals surface area contributed by atoms with Gasteiger partial charge in [0.1, 0.15) is 5.82 Å². The molecule has 0 fully saturated rings. The smallest absolute Gasteiger partial charge is 0.180 e. The Kier molecular flexibility index (Phi) is 3.42. The number of aromatic amines is 1. The number of aryl methyl sites for hydroxylation is 1. The molecule has 0 aliphatic rings. The molecule has 118 valence electrons. The van der Waals surface area contributed by atoms with Crippen molar-refractivity contribution in [3.8, 4) is 11.1 Å². The molecule has 24 heavy (non-hydrogen) atoms. The molecule has 0 radical (unpaired) electrons. The Morgan fingerprint density at radius 2 is 2.00 bits per heavy atom. The Bertz CT molecular complexity index is 1020. The van der Waals surface area contributed by atoms with Gasteiger partial charge in [-0.15, -0.1) is 5.10 Å². The fraction of sp³-hybridized carbons (Fsp3) is 0.0556. The van der Waals surface area contributed by atoms with Gasteiger partial charge in [-0.2, -0.15) is 10.2 Å². The summed E-state index contributed by atoms with van der Waals surface area (Å²) in [6.07, 6.45) is 1.63. The molecule has 2 aromatic carbocycles. The van der Waals surface area contributed by atoms with Crippen molar-refractivity contribution < 1.29 is 4.39 Å². The van der Waals surface area contributed by atoms with Gasteiger partial charge in [0.15, 0.2) is 11.5 Å². The zero-order valence-electron chi connectivity index (χ0n) is 12.9. The first-order valence-electron chi connectivity index (χ1n) is 7.50. The van der Waals surface area contributed by atoms with Crippen molar-refractivity contribution in [3.05, 3.63) is 66.1 Å². The summed E-state index contributed by atoms with van der Waals surface area (Å²) >= 11 is 0. The van der Waals surface area contributed by atoms with Crippen LogP contribution in [0.1, 0.15) is 5.56 Å². The number of rotatable bonds is 3. The Morgan fingerprint density at radius 3 is 2.83 bits per heavy atom. The molecule has 4 rings (SSSR count). The lowest BCUT2D eigenvalue weighted by Gasteiger charge is -2.10. The molecule has 0 aliphatic carbocycles. The van der Waals surface area contributed by atoms with Crippen molar-refractivity contribution in [2.24, 2.45) is 0 Å². The van der Waals surface area contributed by atoms with Crippen LogP contribution in [-0.2, 0) is 0 Å². The van der Waals surface area contributed by atoms with Crippen LogP contribution in [0.15, 0.2) is 54.7 Å². The lowest BCUT2D eigenvalue weighted by molar-refractivity contribution is 0.628. The van der Waals surface area contributed by atoms with E-state index in [0.29, 0.717) is 11.5 Å². The zero-order chi connectivity index (χ0) is 16.5. The first-order chi connectivity index (χ1) is 11.7. The fourth-order valence-electron chi connectivity index (χ4n) is 2.73. The summed E-state index contributed by atoms with van der Waals surface area (Å²) < 4.78 is 13.4.